The molecule has 88 valence electrons. The van der Waals surface area contributed by atoms with Crippen molar-refractivity contribution in [1.29, 1.82) is 0 Å². The lowest BCUT2D eigenvalue weighted by atomic mass is 10.1. The van der Waals surface area contributed by atoms with E-state index in [2.05, 4.69) is 4.90 Å². The van der Waals surface area contributed by atoms with Crippen molar-refractivity contribution in [2.75, 3.05) is 18.1 Å². The first-order valence-corrected chi connectivity index (χ1v) is 5.63. The number of anilines is 1. The summed E-state index contributed by atoms with van der Waals surface area (Å²) in [5, 5.41) is 9.04. The van der Waals surface area contributed by atoms with Gasteiger partial charge in [0.2, 0.25) is 0 Å². The van der Waals surface area contributed by atoms with E-state index in [0.717, 1.165) is 18.5 Å². The van der Waals surface area contributed by atoms with E-state index < -0.39 is 0 Å². The van der Waals surface area contributed by atoms with Gasteiger partial charge in [-0.25, -0.2) is 4.39 Å². The molecule has 1 aromatic carbocycles. The van der Waals surface area contributed by atoms with Gasteiger partial charge in [-0.1, -0.05) is 6.07 Å². The molecule has 16 heavy (non-hydrogen) atoms. The van der Waals surface area contributed by atoms with Crippen LogP contribution in [0.25, 0.3) is 0 Å². The van der Waals surface area contributed by atoms with Gasteiger partial charge in [-0.05, 0) is 25.0 Å². The molecule has 0 aliphatic heterocycles. The molecule has 3 N–H and O–H groups in total. The second kappa shape index (κ2) is 4.80. The molecule has 0 bridgehead atoms. The SMILES string of the molecule is NCc1c(F)cccc1N(CCO)C1CC1. The molecule has 0 atom stereocenters. The molecule has 1 aromatic rings. The van der Waals surface area contributed by atoms with Gasteiger partial charge in [-0.3, -0.25) is 0 Å². The lowest BCUT2D eigenvalue weighted by Gasteiger charge is -2.26. The molecule has 1 aliphatic carbocycles. The Labute approximate surface area is 94.7 Å². The Morgan fingerprint density at radius 3 is 2.75 bits per heavy atom. The Morgan fingerprint density at radius 2 is 2.19 bits per heavy atom. The maximum Gasteiger partial charge on any atom is 0.129 e. The van der Waals surface area contributed by atoms with E-state index in [9.17, 15) is 4.39 Å². The smallest absolute Gasteiger partial charge is 0.129 e. The Bertz CT molecular complexity index is 366. The molecule has 0 aromatic heterocycles. The van der Waals surface area contributed by atoms with E-state index in [1.54, 1.807) is 6.07 Å². The van der Waals surface area contributed by atoms with Crippen molar-refractivity contribution in [3.05, 3.63) is 29.6 Å². The highest BCUT2D eigenvalue weighted by atomic mass is 19.1. The molecule has 2 rings (SSSR count). The molecule has 1 aliphatic rings. The standard InChI is InChI=1S/C12H17FN2O/c13-11-2-1-3-12(10(11)8-14)15(6-7-16)9-4-5-9/h1-3,9,16H,4-8,14H2. The first kappa shape index (κ1) is 11.4. The second-order valence-electron chi connectivity index (χ2n) is 4.09. The van der Waals surface area contributed by atoms with E-state index in [0.29, 0.717) is 18.2 Å². The monoisotopic (exact) mass is 224 g/mol. The zero-order valence-electron chi connectivity index (χ0n) is 9.19. The van der Waals surface area contributed by atoms with E-state index >= 15 is 0 Å². The van der Waals surface area contributed by atoms with Crippen molar-refractivity contribution in [2.45, 2.75) is 25.4 Å². The van der Waals surface area contributed by atoms with Crippen LogP contribution in [0.5, 0.6) is 0 Å². The third kappa shape index (κ3) is 2.18. The molecule has 0 unspecified atom stereocenters. The highest BCUT2D eigenvalue weighted by Crippen LogP contribution is 2.33. The van der Waals surface area contributed by atoms with Crippen LogP contribution in [0.15, 0.2) is 18.2 Å². The van der Waals surface area contributed by atoms with Gasteiger partial charge in [-0.15, -0.1) is 0 Å². The van der Waals surface area contributed by atoms with Gasteiger partial charge in [0, 0.05) is 30.4 Å². The Morgan fingerprint density at radius 1 is 1.44 bits per heavy atom. The minimum absolute atomic E-state index is 0.0804. The van der Waals surface area contributed by atoms with Gasteiger partial charge in [0.25, 0.3) is 0 Å². The number of benzene rings is 1. The number of aliphatic hydroxyl groups is 1. The lowest BCUT2D eigenvalue weighted by Crippen LogP contribution is -2.30. The lowest BCUT2D eigenvalue weighted by molar-refractivity contribution is 0.301. The predicted octanol–water partition coefficient (Wildman–Crippen LogP) is 1.25. The molecule has 3 nitrogen and oxygen atoms in total. The minimum atomic E-state index is -0.261. The number of hydrogen-bond donors (Lipinski definition) is 2. The van der Waals surface area contributed by atoms with Gasteiger partial charge < -0.3 is 15.7 Å². The van der Waals surface area contributed by atoms with Crippen LogP contribution in [-0.2, 0) is 6.54 Å². The van der Waals surface area contributed by atoms with Gasteiger partial charge in [0.15, 0.2) is 0 Å². The molecule has 1 fully saturated rings. The van der Waals surface area contributed by atoms with E-state index in [1.165, 1.54) is 6.07 Å². The van der Waals surface area contributed by atoms with Crippen LogP contribution in [-0.4, -0.2) is 24.3 Å². The molecule has 0 heterocycles. The van der Waals surface area contributed by atoms with Crippen molar-refractivity contribution < 1.29 is 9.50 Å². The molecule has 0 radical (unpaired) electrons. The van der Waals surface area contributed by atoms with E-state index in [-0.39, 0.29) is 19.0 Å². The molecule has 0 spiro atoms. The molecule has 0 saturated heterocycles. The van der Waals surface area contributed by atoms with Gasteiger partial charge >= 0.3 is 0 Å². The Kier molecular flexibility index (Phi) is 3.41. The first-order chi connectivity index (χ1) is 7.77. The van der Waals surface area contributed by atoms with Crippen molar-refractivity contribution in [2.24, 2.45) is 5.73 Å². The first-order valence-electron chi connectivity index (χ1n) is 5.63. The third-order valence-electron chi connectivity index (χ3n) is 2.94. The van der Waals surface area contributed by atoms with E-state index in [1.807, 2.05) is 6.07 Å². The number of halogens is 1. The largest absolute Gasteiger partial charge is 0.395 e. The van der Waals surface area contributed by atoms with E-state index in [4.69, 9.17) is 10.8 Å². The van der Waals surface area contributed by atoms with Crippen LogP contribution in [0.2, 0.25) is 0 Å². The van der Waals surface area contributed by atoms with Crippen LogP contribution in [0, 0.1) is 5.82 Å². The Hall–Kier alpha value is -1.13. The molecular formula is C12H17FN2O. The topological polar surface area (TPSA) is 49.5 Å². The number of hydrogen-bond acceptors (Lipinski definition) is 3. The minimum Gasteiger partial charge on any atom is -0.395 e. The highest BCUT2D eigenvalue weighted by Gasteiger charge is 2.30. The van der Waals surface area contributed by atoms with Gasteiger partial charge in [-0.2, -0.15) is 0 Å². The van der Waals surface area contributed by atoms with Crippen LogP contribution in [0.4, 0.5) is 10.1 Å². The average Bonchev–Trinajstić information content (AvgIpc) is 3.09. The zero-order valence-corrected chi connectivity index (χ0v) is 9.19. The summed E-state index contributed by atoms with van der Waals surface area (Å²) in [5.74, 6) is -0.261. The molecule has 4 heteroatoms. The number of nitrogens with two attached hydrogens (primary N) is 1. The number of aliphatic hydroxyl groups excluding tert-OH is 1. The third-order valence-corrected chi connectivity index (χ3v) is 2.94. The molecule has 1 saturated carbocycles. The fourth-order valence-corrected chi connectivity index (χ4v) is 2.01. The summed E-state index contributed by atoms with van der Waals surface area (Å²) in [5.41, 5.74) is 6.95. The normalized spacial score (nSPS) is 15.2. The fourth-order valence-electron chi connectivity index (χ4n) is 2.01. The number of rotatable bonds is 5. The second-order valence-corrected chi connectivity index (χ2v) is 4.09. The van der Waals surface area contributed by atoms with Gasteiger partial charge in [0.05, 0.1) is 6.61 Å². The highest BCUT2D eigenvalue weighted by molar-refractivity contribution is 5.55. The van der Waals surface area contributed by atoms with Crippen molar-refractivity contribution in [1.82, 2.24) is 0 Å². The Balaban J connectivity index is 2.32. The summed E-state index contributed by atoms with van der Waals surface area (Å²) in [4.78, 5) is 2.06. The van der Waals surface area contributed by atoms with Crippen molar-refractivity contribution >= 4 is 5.69 Å². The maximum absolute atomic E-state index is 13.6. The van der Waals surface area contributed by atoms with Crippen LogP contribution in [0.1, 0.15) is 18.4 Å². The fraction of sp³-hybridized carbons (Fsp3) is 0.500. The number of nitrogens with zero attached hydrogens (tertiary/aromatic N) is 1. The molecule has 0 amide bonds. The summed E-state index contributed by atoms with van der Waals surface area (Å²) in [6.07, 6.45) is 2.22. The van der Waals surface area contributed by atoms with Crippen LogP contribution >= 0.6 is 0 Å². The van der Waals surface area contributed by atoms with Crippen LogP contribution in [0.3, 0.4) is 0 Å². The molecular weight excluding hydrogens is 207 g/mol. The quantitative estimate of drug-likeness (QED) is 0.791. The van der Waals surface area contributed by atoms with Crippen molar-refractivity contribution in [3.63, 3.8) is 0 Å². The predicted molar refractivity (Wildman–Crippen MR) is 61.7 cm³/mol. The summed E-state index contributed by atoms with van der Waals surface area (Å²) in [6, 6.07) is 5.44. The summed E-state index contributed by atoms with van der Waals surface area (Å²) >= 11 is 0. The van der Waals surface area contributed by atoms with Crippen molar-refractivity contribution in [3.8, 4) is 0 Å². The van der Waals surface area contributed by atoms with Gasteiger partial charge in [0.1, 0.15) is 5.82 Å². The average molecular weight is 224 g/mol. The summed E-state index contributed by atoms with van der Waals surface area (Å²) < 4.78 is 13.6. The summed E-state index contributed by atoms with van der Waals surface area (Å²) in [7, 11) is 0. The zero-order chi connectivity index (χ0) is 11.5. The van der Waals surface area contributed by atoms with Crippen LogP contribution < -0.4 is 10.6 Å². The maximum atomic E-state index is 13.6. The summed E-state index contributed by atoms with van der Waals surface area (Å²) in [6.45, 7) is 0.814.